The minimum Gasteiger partial charge on any atom is -0.480 e. The number of hydrogen-bond donors (Lipinski definition) is 8. The lowest BCUT2D eigenvalue weighted by Gasteiger charge is -2.24. The molecule has 0 rings (SSSR count). The molecule has 0 bridgehead atoms. The smallest absolute Gasteiger partial charge is 0.326 e. The van der Waals surface area contributed by atoms with Gasteiger partial charge in [0, 0.05) is 5.75 Å². The van der Waals surface area contributed by atoms with E-state index in [2.05, 4.69) is 28.6 Å². The van der Waals surface area contributed by atoms with Crippen LogP contribution in [0.15, 0.2) is 0 Å². The van der Waals surface area contributed by atoms with Gasteiger partial charge in [0.05, 0.1) is 12.7 Å². The van der Waals surface area contributed by atoms with Gasteiger partial charge in [0.15, 0.2) is 0 Å². The zero-order valence-electron chi connectivity index (χ0n) is 16.1. The van der Waals surface area contributed by atoms with Crippen molar-refractivity contribution in [3.8, 4) is 0 Å². The van der Waals surface area contributed by atoms with Crippen molar-refractivity contribution in [1.82, 2.24) is 16.0 Å². The van der Waals surface area contributed by atoms with Gasteiger partial charge in [-0.05, 0) is 19.3 Å². The Bertz CT molecular complexity index is 559. The molecule has 5 atom stereocenters. The maximum atomic E-state index is 12.3. The summed E-state index contributed by atoms with van der Waals surface area (Å²) in [5, 5.41) is 34.7. The van der Waals surface area contributed by atoms with Crippen molar-refractivity contribution in [2.45, 2.75) is 57.5 Å². The summed E-state index contributed by atoms with van der Waals surface area (Å²) in [6.45, 7) is 4.09. The topological polar surface area (TPSA) is 191 Å². The van der Waals surface area contributed by atoms with E-state index < -0.39 is 60.6 Å². The zero-order chi connectivity index (χ0) is 22.0. The highest BCUT2D eigenvalue weighted by molar-refractivity contribution is 7.80. The van der Waals surface area contributed by atoms with Gasteiger partial charge in [-0.25, -0.2) is 4.79 Å². The Hall–Kier alpha value is -1.89. The van der Waals surface area contributed by atoms with Gasteiger partial charge >= 0.3 is 5.97 Å². The standard InChI is InChI=1S/C16H30N4O7S/c1-7(2)4-9(16(26)27)18-13(23)10(5-21)19-14(24)11(6-28)20-15(25)12(17)8(3)22/h7-12,21-22,28H,4-6,17H2,1-3H3,(H,18,23)(H,19,24)(H,20,25)(H,26,27). The average molecular weight is 423 g/mol. The summed E-state index contributed by atoms with van der Waals surface area (Å²) in [5.41, 5.74) is 5.48. The van der Waals surface area contributed by atoms with Gasteiger partial charge < -0.3 is 37.0 Å². The van der Waals surface area contributed by atoms with E-state index in [4.69, 9.17) is 5.73 Å². The third-order valence-corrected chi connectivity index (χ3v) is 4.14. The van der Waals surface area contributed by atoms with Crippen molar-refractivity contribution in [2.75, 3.05) is 12.4 Å². The molecule has 8 N–H and O–H groups in total. The fourth-order valence-electron chi connectivity index (χ4n) is 2.11. The van der Waals surface area contributed by atoms with Crippen molar-refractivity contribution in [3.63, 3.8) is 0 Å². The number of aliphatic carboxylic acids is 1. The van der Waals surface area contributed by atoms with Gasteiger partial charge in [-0.15, -0.1) is 0 Å². The van der Waals surface area contributed by atoms with Crippen LogP contribution >= 0.6 is 12.6 Å². The summed E-state index contributed by atoms with van der Waals surface area (Å²) in [5.74, 6) is -3.89. The van der Waals surface area contributed by atoms with Crippen LogP contribution in [0.5, 0.6) is 0 Å². The molecule has 0 heterocycles. The highest BCUT2D eigenvalue weighted by Crippen LogP contribution is 2.05. The molecule has 0 aromatic carbocycles. The normalized spacial score (nSPS) is 16.4. The molecule has 12 heteroatoms. The Balaban J connectivity index is 5.00. The van der Waals surface area contributed by atoms with Gasteiger partial charge in [-0.2, -0.15) is 12.6 Å². The molecule has 3 amide bonds. The third kappa shape index (κ3) is 8.87. The van der Waals surface area contributed by atoms with Crippen LogP contribution in [0.25, 0.3) is 0 Å². The van der Waals surface area contributed by atoms with Gasteiger partial charge in [-0.3, -0.25) is 14.4 Å². The number of nitrogens with two attached hydrogens (primary N) is 1. The van der Waals surface area contributed by atoms with E-state index in [0.717, 1.165) is 0 Å². The molecule has 162 valence electrons. The molecule has 0 spiro atoms. The molecule has 0 saturated heterocycles. The molecule has 0 fully saturated rings. The molecule has 0 aromatic rings. The quantitative estimate of drug-likeness (QED) is 0.155. The number of nitrogens with one attached hydrogen (secondary N) is 3. The highest BCUT2D eigenvalue weighted by Gasteiger charge is 2.30. The van der Waals surface area contributed by atoms with Crippen molar-refractivity contribution in [3.05, 3.63) is 0 Å². The van der Waals surface area contributed by atoms with Gasteiger partial charge in [0.25, 0.3) is 0 Å². The van der Waals surface area contributed by atoms with Crippen molar-refractivity contribution in [1.29, 1.82) is 0 Å². The molecule has 11 nitrogen and oxygen atoms in total. The predicted octanol–water partition coefficient (Wildman–Crippen LogP) is -2.80. The van der Waals surface area contributed by atoms with Crippen LogP contribution in [0.3, 0.4) is 0 Å². The monoisotopic (exact) mass is 422 g/mol. The molecule has 5 unspecified atom stereocenters. The average Bonchev–Trinajstić information content (AvgIpc) is 2.61. The van der Waals surface area contributed by atoms with Crippen LogP contribution in [0.1, 0.15) is 27.2 Å². The Morgan fingerprint density at radius 2 is 1.39 bits per heavy atom. The zero-order valence-corrected chi connectivity index (χ0v) is 17.0. The first-order valence-corrected chi connectivity index (χ1v) is 9.37. The first-order valence-electron chi connectivity index (χ1n) is 8.73. The molecule has 0 radical (unpaired) electrons. The molecular formula is C16H30N4O7S. The molecule has 28 heavy (non-hydrogen) atoms. The number of aliphatic hydroxyl groups is 2. The van der Waals surface area contributed by atoms with Crippen LogP contribution in [-0.2, 0) is 19.2 Å². The van der Waals surface area contributed by atoms with E-state index in [9.17, 15) is 34.5 Å². The SMILES string of the molecule is CC(C)CC(NC(=O)C(CO)NC(=O)C(CS)NC(=O)C(N)C(C)O)C(=O)O. The number of hydrogen-bond acceptors (Lipinski definition) is 8. The van der Waals surface area contributed by atoms with Crippen molar-refractivity contribution >= 4 is 36.3 Å². The number of carbonyl (C=O) groups excluding carboxylic acids is 3. The number of rotatable bonds is 12. The Morgan fingerprint density at radius 3 is 1.79 bits per heavy atom. The van der Waals surface area contributed by atoms with Crippen LogP contribution < -0.4 is 21.7 Å². The van der Waals surface area contributed by atoms with E-state index in [1.807, 2.05) is 0 Å². The minimum absolute atomic E-state index is 0.00883. The highest BCUT2D eigenvalue weighted by atomic mass is 32.1. The lowest BCUT2D eigenvalue weighted by molar-refractivity contribution is -0.143. The fourth-order valence-corrected chi connectivity index (χ4v) is 2.37. The number of amides is 3. The van der Waals surface area contributed by atoms with Gasteiger partial charge in [0.2, 0.25) is 17.7 Å². The molecule has 0 aliphatic rings. The predicted molar refractivity (Wildman–Crippen MR) is 103 cm³/mol. The van der Waals surface area contributed by atoms with E-state index in [-0.39, 0.29) is 18.1 Å². The third-order valence-electron chi connectivity index (χ3n) is 3.78. The summed E-state index contributed by atoms with van der Waals surface area (Å²) < 4.78 is 0. The summed E-state index contributed by atoms with van der Waals surface area (Å²) in [6.07, 6.45) is -0.979. The molecular weight excluding hydrogens is 392 g/mol. The number of carboxylic acids is 1. The minimum atomic E-state index is -1.42. The van der Waals surface area contributed by atoms with E-state index in [1.54, 1.807) is 13.8 Å². The lowest BCUT2D eigenvalue weighted by atomic mass is 10.0. The van der Waals surface area contributed by atoms with Crippen molar-refractivity contribution in [2.24, 2.45) is 11.7 Å². The maximum absolute atomic E-state index is 12.3. The molecule has 0 aliphatic heterocycles. The van der Waals surface area contributed by atoms with Crippen LogP contribution in [0.2, 0.25) is 0 Å². The summed E-state index contributed by atoms with van der Waals surface area (Å²) >= 11 is 3.95. The Morgan fingerprint density at radius 1 is 0.929 bits per heavy atom. The Kier molecular flexibility index (Phi) is 11.7. The largest absolute Gasteiger partial charge is 0.480 e. The summed E-state index contributed by atoms with van der Waals surface area (Å²) in [7, 11) is 0. The van der Waals surface area contributed by atoms with Crippen LogP contribution in [0.4, 0.5) is 0 Å². The van der Waals surface area contributed by atoms with E-state index >= 15 is 0 Å². The second kappa shape index (κ2) is 12.5. The second-order valence-corrected chi connectivity index (χ2v) is 7.15. The fraction of sp³-hybridized carbons (Fsp3) is 0.750. The second-order valence-electron chi connectivity index (χ2n) is 6.78. The lowest BCUT2D eigenvalue weighted by Crippen LogP contribution is -2.59. The maximum Gasteiger partial charge on any atom is 0.326 e. The first kappa shape index (κ1) is 26.1. The van der Waals surface area contributed by atoms with Gasteiger partial charge in [-0.1, -0.05) is 13.8 Å². The summed E-state index contributed by atoms with van der Waals surface area (Å²) in [6, 6.07) is -5.05. The van der Waals surface area contributed by atoms with Gasteiger partial charge in [0.1, 0.15) is 24.2 Å². The van der Waals surface area contributed by atoms with E-state index in [0.29, 0.717) is 0 Å². The number of carbonyl (C=O) groups is 4. The Labute approximate surface area is 168 Å². The van der Waals surface area contributed by atoms with Crippen LogP contribution in [0, 0.1) is 5.92 Å². The molecule has 0 aromatic heterocycles. The van der Waals surface area contributed by atoms with Crippen molar-refractivity contribution < 1.29 is 34.5 Å². The van der Waals surface area contributed by atoms with E-state index in [1.165, 1.54) is 6.92 Å². The number of thiol groups is 1. The number of carboxylic acid groups (broad SMARTS) is 1. The molecule has 0 aliphatic carbocycles. The molecule has 0 saturated carbocycles. The summed E-state index contributed by atoms with van der Waals surface area (Å²) in [4.78, 5) is 47.6. The van der Waals surface area contributed by atoms with Crippen LogP contribution in [-0.4, -0.2) is 81.6 Å². The first-order chi connectivity index (χ1) is 12.9. The number of aliphatic hydroxyl groups excluding tert-OH is 2.